The molecule has 1 unspecified atom stereocenters. The third-order valence-electron chi connectivity index (χ3n) is 4.95. The summed E-state index contributed by atoms with van der Waals surface area (Å²) in [7, 11) is 2.12. The lowest BCUT2D eigenvalue weighted by Crippen LogP contribution is -3.06. The minimum atomic E-state index is -0.0487. The van der Waals surface area contributed by atoms with Crippen LogP contribution in [0.2, 0.25) is 0 Å². The Bertz CT molecular complexity index is 1160. The number of benzene rings is 2. The topological polar surface area (TPSA) is 50.2 Å². The van der Waals surface area contributed by atoms with Crippen molar-refractivity contribution in [3.63, 3.8) is 0 Å². The summed E-state index contributed by atoms with van der Waals surface area (Å²) in [6.45, 7) is 5.70. The number of nitrogens with zero attached hydrogens (tertiary/aromatic N) is 1. The molecule has 4 rings (SSSR count). The van der Waals surface area contributed by atoms with Gasteiger partial charge >= 0.3 is 0 Å². The van der Waals surface area contributed by atoms with Crippen LogP contribution in [0.3, 0.4) is 0 Å². The summed E-state index contributed by atoms with van der Waals surface area (Å²) in [4.78, 5) is 23.9. The molecule has 142 valence electrons. The van der Waals surface area contributed by atoms with E-state index in [0.29, 0.717) is 11.9 Å². The van der Waals surface area contributed by atoms with Crippen LogP contribution in [0.25, 0.3) is 21.3 Å². The van der Waals surface area contributed by atoms with E-state index in [2.05, 4.69) is 74.4 Å². The van der Waals surface area contributed by atoms with Crippen LogP contribution in [0.15, 0.2) is 59.4 Å². The fourth-order valence-electron chi connectivity index (χ4n) is 3.61. The summed E-state index contributed by atoms with van der Waals surface area (Å²) in [5, 5.41) is 0.704. The molecule has 5 heteroatoms. The third kappa shape index (κ3) is 3.77. The molecule has 0 bridgehead atoms. The van der Waals surface area contributed by atoms with Crippen LogP contribution < -0.4 is 10.5 Å². The van der Waals surface area contributed by atoms with E-state index < -0.39 is 0 Å². The number of thiophene rings is 1. The number of quaternary nitrogens is 1. The highest BCUT2D eigenvalue weighted by molar-refractivity contribution is 7.19. The fraction of sp³-hybridized carbons (Fsp3) is 0.217. The van der Waals surface area contributed by atoms with E-state index in [-0.39, 0.29) is 5.56 Å². The molecule has 0 aliphatic carbocycles. The average molecular weight is 391 g/mol. The second-order valence-corrected chi connectivity index (χ2v) is 8.59. The maximum absolute atomic E-state index is 12.9. The number of aromatic amines is 1. The highest BCUT2D eigenvalue weighted by atomic mass is 32.1. The molecule has 0 saturated heterocycles. The average Bonchev–Trinajstić information content (AvgIpc) is 2.99. The van der Waals surface area contributed by atoms with E-state index in [4.69, 9.17) is 4.98 Å². The molecule has 0 aliphatic heterocycles. The largest absolute Gasteiger partial charge is 0.327 e. The van der Waals surface area contributed by atoms with Gasteiger partial charge in [0.1, 0.15) is 17.9 Å². The summed E-state index contributed by atoms with van der Waals surface area (Å²) < 4.78 is 0. The number of rotatable bonds is 5. The predicted octanol–water partition coefficient (Wildman–Crippen LogP) is 3.48. The van der Waals surface area contributed by atoms with E-state index in [1.165, 1.54) is 16.0 Å². The Morgan fingerprint density at radius 3 is 2.43 bits per heavy atom. The standard InChI is InChI=1S/C23H23N3OS/c1-15-9-11-18(12-10-15)20-16(2)28-23-21(20)22(27)24-19(25-23)14-26(3)13-17-7-5-4-6-8-17/h4-12H,13-14H2,1-3H3,(H,24,25,27)/p+1. The lowest BCUT2D eigenvalue weighted by atomic mass is 10.0. The van der Waals surface area contributed by atoms with Gasteiger partial charge in [-0.15, -0.1) is 11.3 Å². The van der Waals surface area contributed by atoms with Crippen molar-refractivity contribution in [3.05, 3.63) is 86.8 Å². The Hall–Kier alpha value is -2.76. The predicted molar refractivity (Wildman–Crippen MR) is 116 cm³/mol. The summed E-state index contributed by atoms with van der Waals surface area (Å²) in [5.41, 5.74) is 4.51. The van der Waals surface area contributed by atoms with Crippen molar-refractivity contribution in [2.75, 3.05) is 7.05 Å². The molecule has 1 atom stereocenters. The van der Waals surface area contributed by atoms with E-state index in [0.717, 1.165) is 33.2 Å². The first-order valence-electron chi connectivity index (χ1n) is 9.46. The molecule has 4 aromatic rings. The Morgan fingerprint density at radius 1 is 1.00 bits per heavy atom. The van der Waals surface area contributed by atoms with Crippen LogP contribution in [0, 0.1) is 13.8 Å². The van der Waals surface area contributed by atoms with Crippen molar-refractivity contribution in [2.24, 2.45) is 0 Å². The molecule has 28 heavy (non-hydrogen) atoms. The van der Waals surface area contributed by atoms with Crippen LogP contribution in [0.1, 0.15) is 21.8 Å². The van der Waals surface area contributed by atoms with Gasteiger partial charge in [0.25, 0.3) is 5.56 Å². The zero-order valence-corrected chi connectivity index (χ0v) is 17.2. The van der Waals surface area contributed by atoms with E-state index in [1.807, 2.05) is 6.07 Å². The quantitative estimate of drug-likeness (QED) is 0.548. The summed E-state index contributed by atoms with van der Waals surface area (Å²) in [5.74, 6) is 0.739. The van der Waals surface area contributed by atoms with Crippen LogP contribution in [-0.2, 0) is 13.1 Å². The van der Waals surface area contributed by atoms with E-state index >= 15 is 0 Å². The number of nitrogens with one attached hydrogen (secondary N) is 2. The van der Waals surface area contributed by atoms with Crippen molar-refractivity contribution < 1.29 is 4.90 Å². The first-order valence-corrected chi connectivity index (χ1v) is 10.3. The molecule has 0 aliphatic rings. The molecule has 2 aromatic carbocycles. The smallest absolute Gasteiger partial charge is 0.260 e. The molecule has 2 heterocycles. The van der Waals surface area contributed by atoms with Crippen molar-refractivity contribution in [1.29, 1.82) is 0 Å². The molecular weight excluding hydrogens is 366 g/mol. The fourth-order valence-corrected chi connectivity index (χ4v) is 4.67. The molecule has 2 N–H and O–H groups in total. The molecule has 0 radical (unpaired) electrons. The van der Waals surface area contributed by atoms with Crippen LogP contribution in [-0.4, -0.2) is 17.0 Å². The first-order chi connectivity index (χ1) is 13.5. The van der Waals surface area contributed by atoms with Crippen LogP contribution >= 0.6 is 11.3 Å². The van der Waals surface area contributed by atoms with Gasteiger partial charge in [0.15, 0.2) is 5.82 Å². The minimum Gasteiger partial charge on any atom is -0.327 e. The van der Waals surface area contributed by atoms with Crippen molar-refractivity contribution >= 4 is 21.6 Å². The zero-order valence-electron chi connectivity index (χ0n) is 16.4. The van der Waals surface area contributed by atoms with E-state index in [1.54, 1.807) is 11.3 Å². The van der Waals surface area contributed by atoms with Gasteiger partial charge < -0.3 is 9.88 Å². The van der Waals surface area contributed by atoms with Crippen molar-refractivity contribution in [2.45, 2.75) is 26.9 Å². The molecule has 0 amide bonds. The maximum Gasteiger partial charge on any atom is 0.260 e. The SMILES string of the molecule is Cc1ccc(-c2c(C)sc3nc(C[NH+](C)Cc4ccccc4)[nH]c(=O)c23)cc1. The summed E-state index contributed by atoms with van der Waals surface area (Å²) >= 11 is 1.60. The molecular formula is C23H24N3OS+. The van der Waals surface area contributed by atoms with Gasteiger partial charge in [0.05, 0.1) is 12.4 Å². The van der Waals surface area contributed by atoms with Gasteiger partial charge in [0, 0.05) is 16.0 Å². The lowest BCUT2D eigenvalue weighted by Gasteiger charge is -2.13. The number of fused-ring (bicyclic) bond motifs is 1. The van der Waals surface area contributed by atoms with Crippen molar-refractivity contribution in [3.8, 4) is 11.1 Å². The third-order valence-corrected chi connectivity index (χ3v) is 5.94. The summed E-state index contributed by atoms with van der Waals surface area (Å²) in [6.07, 6.45) is 0. The van der Waals surface area contributed by atoms with Crippen LogP contribution in [0.5, 0.6) is 0 Å². The minimum absolute atomic E-state index is 0.0487. The second-order valence-electron chi connectivity index (χ2n) is 7.39. The number of aromatic nitrogens is 2. The van der Waals surface area contributed by atoms with Gasteiger partial charge in [0.2, 0.25) is 0 Å². The number of H-pyrrole nitrogens is 1. The first kappa shape index (κ1) is 18.6. The second kappa shape index (κ2) is 7.70. The lowest BCUT2D eigenvalue weighted by molar-refractivity contribution is -0.908. The number of hydrogen-bond acceptors (Lipinski definition) is 3. The monoisotopic (exact) mass is 390 g/mol. The Labute approximate surface area is 168 Å². The van der Waals surface area contributed by atoms with Gasteiger partial charge in [-0.3, -0.25) is 4.79 Å². The molecule has 0 spiro atoms. The van der Waals surface area contributed by atoms with Gasteiger partial charge in [-0.1, -0.05) is 60.2 Å². The Kier molecular flexibility index (Phi) is 5.11. The van der Waals surface area contributed by atoms with E-state index in [9.17, 15) is 4.79 Å². The number of hydrogen-bond donors (Lipinski definition) is 2. The highest BCUT2D eigenvalue weighted by Crippen LogP contribution is 2.35. The molecule has 0 fully saturated rings. The Morgan fingerprint density at radius 2 is 1.71 bits per heavy atom. The number of aryl methyl sites for hydroxylation is 2. The molecule has 4 nitrogen and oxygen atoms in total. The zero-order chi connectivity index (χ0) is 19.7. The van der Waals surface area contributed by atoms with Gasteiger partial charge in [-0.2, -0.15) is 0 Å². The summed E-state index contributed by atoms with van der Waals surface area (Å²) in [6, 6.07) is 18.7. The Balaban J connectivity index is 1.66. The van der Waals surface area contributed by atoms with Crippen LogP contribution in [0.4, 0.5) is 0 Å². The molecule has 0 saturated carbocycles. The van der Waals surface area contributed by atoms with Crippen molar-refractivity contribution in [1.82, 2.24) is 9.97 Å². The van der Waals surface area contributed by atoms with Gasteiger partial charge in [-0.25, -0.2) is 4.98 Å². The highest BCUT2D eigenvalue weighted by Gasteiger charge is 2.17. The maximum atomic E-state index is 12.9. The molecule has 2 aromatic heterocycles. The van der Waals surface area contributed by atoms with Gasteiger partial charge in [-0.05, 0) is 19.4 Å². The normalized spacial score (nSPS) is 12.4.